The lowest BCUT2D eigenvalue weighted by Crippen LogP contribution is -2.48. The molecule has 4 nitrogen and oxygen atoms in total. The largest absolute Gasteiger partial charge is 0.383 e. The third-order valence-electron chi connectivity index (χ3n) is 2.15. The van der Waals surface area contributed by atoms with E-state index < -0.39 is 30.1 Å². The molecule has 1 atom stereocenters. The highest BCUT2D eigenvalue weighted by Crippen LogP contribution is 2.25. The molecule has 0 saturated carbocycles. The van der Waals surface area contributed by atoms with Crippen molar-refractivity contribution in [3.8, 4) is 0 Å². The Morgan fingerprint density at radius 1 is 1.35 bits per heavy atom. The lowest BCUT2D eigenvalue weighted by Gasteiger charge is -2.24. The topological polar surface area (TPSA) is 49.4 Å². The highest BCUT2D eigenvalue weighted by Gasteiger charge is 2.50. The van der Waals surface area contributed by atoms with E-state index in [-0.39, 0.29) is 6.54 Å². The molecule has 0 bridgehead atoms. The van der Waals surface area contributed by atoms with Crippen molar-refractivity contribution in [2.75, 3.05) is 20.6 Å². The average molecular weight is 258 g/mol. The Labute approximate surface area is 96.0 Å². The van der Waals surface area contributed by atoms with Gasteiger partial charge in [0.05, 0.1) is 5.92 Å². The molecule has 0 saturated heterocycles. The predicted octanol–water partition coefficient (Wildman–Crippen LogP) is 0.727. The lowest BCUT2D eigenvalue weighted by molar-refractivity contribution is -0.179. The molecule has 0 heterocycles. The number of alkyl halides is 4. The summed E-state index contributed by atoms with van der Waals surface area (Å²) < 4.78 is 49.2. The van der Waals surface area contributed by atoms with Crippen LogP contribution in [0.15, 0.2) is 0 Å². The first-order valence-electron chi connectivity index (χ1n) is 4.77. The highest BCUT2D eigenvalue weighted by molar-refractivity contribution is 5.85. The Morgan fingerprint density at radius 3 is 2.18 bits per heavy atom. The van der Waals surface area contributed by atoms with E-state index in [1.165, 1.54) is 14.0 Å². The van der Waals surface area contributed by atoms with Crippen molar-refractivity contribution in [1.29, 1.82) is 0 Å². The van der Waals surface area contributed by atoms with Crippen LogP contribution in [0.4, 0.5) is 17.6 Å². The molecule has 0 aliphatic heterocycles. The Hall–Kier alpha value is -1.34. The van der Waals surface area contributed by atoms with E-state index in [0.717, 1.165) is 7.05 Å². The zero-order valence-corrected chi connectivity index (χ0v) is 9.64. The number of carbonyl (C=O) groups excluding carboxylic acids is 2. The van der Waals surface area contributed by atoms with Crippen molar-refractivity contribution in [3.63, 3.8) is 0 Å². The molecular weight excluding hydrogens is 244 g/mol. The minimum Gasteiger partial charge on any atom is -0.359 e. The Kier molecular flexibility index (Phi) is 5.37. The van der Waals surface area contributed by atoms with Gasteiger partial charge in [-0.15, -0.1) is 0 Å². The van der Waals surface area contributed by atoms with Crippen LogP contribution in [0, 0.1) is 5.92 Å². The second-order valence-electron chi connectivity index (χ2n) is 3.62. The maximum Gasteiger partial charge on any atom is 0.383 e. The quantitative estimate of drug-likeness (QED) is 0.739. The van der Waals surface area contributed by atoms with E-state index in [1.807, 2.05) is 0 Å². The lowest BCUT2D eigenvalue weighted by atomic mass is 10.1. The summed E-state index contributed by atoms with van der Waals surface area (Å²) in [5.41, 5.74) is 0. The summed E-state index contributed by atoms with van der Waals surface area (Å²) >= 11 is 0. The first-order valence-corrected chi connectivity index (χ1v) is 4.77. The Morgan fingerprint density at radius 2 is 1.82 bits per heavy atom. The number of halogens is 4. The molecule has 0 aromatic carbocycles. The van der Waals surface area contributed by atoms with E-state index in [9.17, 15) is 27.2 Å². The summed E-state index contributed by atoms with van der Waals surface area (Å²) in [6, 6.07) is 0. The normalized spacial score (nSPS) is 13.4. The van der Waals surface area contributed by atoms with Gasteiger partial charge in [-0.2, -0.15) is 8.78 Å². The summed E-state index contributed by atoms with van der Waals surface area (Å²) in [4.78, 5) is 22.5. The van der Waals surface area contributed by atoms with Crippen molar-refractivity contribution < 1.29 is 27.2 Å². The molecule has 2 amide bonds. The number of hydrogen-bond acceptors (Lipinski definition) is 2. The molecular formula is C9H14F4N2O2. The van der Waals surface area contributed by atoms with Crippen molar-refractivity contribution in [2.24, 2.45) is 5.92 Å². The second-order valence-corrected chi connectivity index (χ2v) is 3.62. The minimum absolute atomic E-state index is 0.360. The van der Waals surface area contributed by atoms with Gasteiger partial charge in [0.15, 0.2) is 0 Å². The van der Waals surface area contributed by atoms with E-state index >= 15 is 0 Å². The summed E-state index contributed by atoms with van der Waals surface area (Å²) in [6.45, 7) is 1.03. The fourth-order valence-electron chi connectivity index (χ4n) is 1.17. The average Bonchev–Trinajstić information content (AvgIpc) is 2.26. The third-order valence-corrected chi connectivity index (χ3v) is 2.15. The van der Waals surface area contributed by atoms with Gasteiger partial charge in [0, 0.05) is 20.6 Å². The van der Waals surface area contributed by atoms with E-state index in [4.69, 9.17) is 0 Å². The summed E-state index contributed by atoms with van der Waals surface area (Å²) in [6.07, 6.45) is -4.06. The van der Waals surface area contributed by atoms with Crippen LogP contribution >= 0.6 is 0 Å². The molecule has 0 radical (unpaired) electrons. The van der Waals surface area contributed by atoms with Gasteiger partial charge in [0.1, 0.15) is 0 Å². The molecule has 0 fully saturated rings. The summed E-state index contributed by atoms with van der Waals surface area (Å²) in [5.74, 6) is -7.95. The zero-order chi connectivity index (χ0) is 13.8. The zero-order valence-electron chi connectivity index (χ0n) is 9.64. The highest BCUT2D eigenvalue weighted by atomic mass is 19.3. The maximum absolute atomic E-state index is 12.7. The van der Waals surface area contributed by atoms with Gasteiger partial charge in [-0.1, -0.05) is 6.92 Å². The molecule has 8 heteroatoms. The van der Waals surface area contributed by atoms with Gasteiger partial charge in [-0.25, -0.2) is 8.78 Å². The fraction of sp³-hybridized carbons (Fsp3) is 0.778. The third kappa shape index (κ3) is 3.86. The standard InChI is InChI=1S/C9H14F4N2O2/c1-5(6(16)14-2)4-15(3)8(17)9(12,13)7(10)11/h5,7H,4H2,1-3H3,(H,14,16). The van der Waals surface area contributed by atoms with Gasteiger partial charge < -0.3 is 10.2 Å². The number of nitrogens with zero attached hydrogens (tertiary/aromatic N) is 1. The van der Waals surface area contributed by atoms with Crippen LogP contribution < -0.4 is 5.32 Å². The maximum atomic E-state index is 12.7. The Balaban J connectivity index is 4.57. The van der Waals surface area contributed by atoms with E-state index in [0.29, 0.717) is 4.90 Å². The molecule has 100 valence electrons. The molecule has 0 aliphatic carbocycles. The van der Waals surface area contributed by atoms with Crippen LogP contribution in [-0.4, -0.2) is 49.7 Å². The van der Waals surface area contributed by atoms with Gasteiger partial charge in [-0.05, 0) is 0 Å². The van der Waals surface area contributed by atoms with Crippen LogP contribution in [0.2, 0.25) is 0 Å². The molecule has 0 rings (SSSR count). The summed E-state index contributed by atoms with van der Waals surface area (Å²) in [7, 11) is 2.28. The molecule has 0 aromatic rings. The van der Waals surface area contributed by atoms with Crippen molar-refractivity contribution in [2.45, 2.75) is 19.3 Å². The first kappa shape index (κ1) is 15.7. The number of hydrogen-bond donors (Lipinski definition) is 1. The van der Waals surface area contributed by atoms with E-state index in [2.05, 4.69) is 5.32 Å². The van der Waals surface area contributed by atoms with Crippen LogP contribution in [0.25, 0.3) is 0 Å². The number of carbonyl (C=O) groups is 2. The molecule has 0 aliphatic rings. The smallest absolute Gasteiger partial charge is 0.359 e. The predicted molar refractivity (Wildman–Crippen MR) is 51.8 cm³/mol. The molecule has 1 N–H and O–H groups in total. The van der Waals surface area contributed by atoms with Gasteiger partial charge in [-0.3, -0.25) is 9.59 Å². The van der Waals surface area contributed by atoms with Crippen LogP contribution in [-0.2, 0) is 9.59 Å². The number of rotatable bonds is 5. The fourth-order valence-corrected chi connectivity index (χ4v) is 1.17. The molecule has 0 aromatic heterocycles. The van der Waals surface area contributed by atoms with Crippen LogP contribution in [0.3, 0.4) is 0 Å². The SMILES string of the molecule is CNC(=O)C(C)CN(C)C(=O)C(F)(F)C(F)F. The monoisotopic (exact) mass is 258 g/mol. The number of amides is 2. The van der Waals surface area contributed by atoms with Gasteiger partial charge >= 0.3 is 12.3 Å². The van der Waals surface area contributed by atoms with Crippen LogP contribution in [0.1, 0.15) is 6.92 Å². The van der Waals surface area contributed by atoms with E-state index in [1.54, 1.807) is 0 Å². The minimum atomic E-state index is -4.73. The Bertz CT molecular complexity index is 297. The first-order chi connectivity index (χ1) is 7.64. The molecule has 0 spiro atoms. The summed E-state index contributed by atoms with van der Waals surface area (Å²) in [5, 5.41) is 2.26. The van der Waals surface area contributed by atoms with Crippen molar-refractivity contribution in [1.82, 2.24) is 10.2 Å². The molecule has 17 heavy (non-hydrogen) atoms. The van der Waals surface area contributed by atoms with Crippen molar-refractivity contribution >= 4 is 11.8 Å². The van der Waals surface area contributed by atoms with Gasteiger partial charge in [0.2, 0.25) is 5.91 Å². The number of nitrogens with one attached hydrogen (secondary N) is 1. The van der Waals surface area contributed by atoms with Gasteiger partial charge in [0.25, 0.3) is 5.91 Å². The van der Waals surface area contributed by atoms with Crippen molar-refractivity contribution in [3.05, 3.63) is 0 Å². The second kappa shape index (κ2) is 5.83. The molecule has 1 unspecified atom stereocenters. The van der Waals surface area contributed by atoms with Crippen LogP contribution in [0.5, 0.6) is 0 Å².